The third-order valence-electron chi connectivity index (χ3n) is 5.26. The fourth-order valence-electron chi connectivity index (χ4n) is 4.42. The molecule has 0 bridgehead atoms. The van der Waals surface area contributed by atoms with E-state index in [0.29, 0.717) is 33.1 Å². The van der Waals surface area contributed by atoms with Crippen molar-refractivity contribution in [1.29, 1.82) is 0 Å². The Morgan fingerprint density at radius 2 is 1.33 bits per heavy atom. The Morgan fingerprint density at radius 3 is 1.62 bits per heavy atom. The van der Waals surface area contributed by atoms with Crippen LogP contribution in [0.5, 0.6) is 5.75 Å². The van der Waals surface area contributed by atoms with Crippen LogP contribution in [0.1, 0.15) is 47.1 Å². The standard InChI is InChI=1S/C20H30F2OSi/c1-13(2)24(14(3)4,15(5)6)16(7)19(20(21)22)17-9-11-18(23-8)12-10-17/h9-15H,7H2,1-6,8H3. The Balaban J connectivity index is 3.54. The summed E-state index contributed by atoms with van der Waals surface area (Å²) in [5.74, 6) is 0.656. The van der Waals surface area contributed by atoms with Crippen molar-refractivity contribution in [2.24, 2.45) is 0 Å². The zero-order valence-corrected chi connectivity index (χ0v) is 16.9. The third kappa shape index (κ3) is 3.64. The largest absolute Gasteiger partial charge is 0.497 e. The second-order valence-corrected chi connectivity index (χ2v) is 13.2. The van der Waals surface area contributed by atoms with E-state index in [9.17, 15) is 8.78 Å². The molecule has 1 rings (SSSR count). The van der Waals surface area contributed by atoms with Gasteiger partial charge in [0.05, 0.1) is 15.2 Å². The highest BCUT2D eigenvalue weighted by Crippen LogP contribution is 2.50. The minimum atomic E-state index is -2.23. The van der Waals surface area contributed by atoms with E-state index in [4.69, 9.17) is 4.74 Å². The Kier molecular flexibility index (Phi) is 6.96. The summed E-state index contributed by atoms with van der Waals surface area (Å²) in [6.45, 7) is 17.1. The first kappa shape index (κ1) is 20.6. The minimum absolute atomic E-state index is 0.0282. The second kappa shape index (κ2) is 8.10. The number of allylic oxidation sites excluding steroid dienone is 2. The number of hydrogen-bond acceptors (Lipinski definition) is 1. The molecule has 1 nitrogen and oxygen atoms in total. The molecule has 0 unspecified atom stereocenters. The van der Waals surface area contributed by atoms with Crippen LogP contribution in [0.15, 0.2) is 42.1 Å². The van der Waals surface area contributed by atoms with E-state index < -0.39 is 14.2 Å². The molecule has 0 N–H and O–H groups in total. The molecule has 0 saturated heterocycles. The number of benzene rings is 1. The van der Waals surface area contributed by atoms with Gasteiger partial charge in [0.25, 0.3) is 6.08 Å². The Bertz CT molecular complexity index is 575. The van der Waals surface area contributed by atoms with Gasteiger partial charge >= 0.3 is 0 Å². The van der Waals surface area contributed by atoms with Crippen LogP contribution in [0, 0.1) is 0 Å². The molecule has 1 aromatic rings. The van der Waals surface area contributed by atoms with E-state index in [0.717, 1.165) is 0 Å². The van der Waals surface area contributed by atoms with Gasteiger partial charge < -0.3 is 4.74 Å². The Labute approximate surface area is 146 Å². The summed E-state index contributed by atoms with van der Waals surface area (Å²) in [6, 6.07) is 6.82. The molecule has 4 heteroatoms. The fourth-order valence-corrected chi connectivity index (χ4v) is 11.2. The number of ether oxygens (including phenoxy) is 1. The van der Waals surface area contributed by atoms with Gasteiger partial charge in [-0.3, -0.25) is 0 Å². The van der Waals surface area contributed by atoms with Gasteiger partial charge in [-0.05, 0) is 34.3 Å². The average Bonchev–Trinajstić information content (AvgIpc) is 2.47. The van der Waals surface area contributed by atoms with Crippen LogP contribution < -0.4 is 4.74 Å². The molecule has 1 aromatic carbocycles. The summed E-state index contributed by atoms with van der Waals surface area (Å²) in [6.07, 6.45) is -1.65. The van der Waals surface area contributed by atoms with Crippen LogP contribution >= 0.6 is 0 Å². The van der Waals surface area contributed by atoms with Crippen LogP contribution in [0.25, 0.3) is 5.57 Å². The molecule has 0 atom stereocenters. The van der Waals surface area contributed by atoms with Crippen LogP contribution in [0.3, 0.4) is 0 Å². The van der Waals surface area contributed by atoms with Gasteiger partial charge in [-0.15, -0.1) is 0 Å². The number of halogens is 2. The smallest absolute Gasteiger partial charge is 0.277 e. The highest BCUT2D eigenvalue weighted by molar-refractivity contribution is 6.91. The normalized spacial score (nSPS) is 12.0. The molecular formula is C20H30F2OSi. The molecule has 0 saturated carbocycles. The SMILES string of the molecule is C=C(C(=C(F)F)c1ccc(OC)cc1)[Si](C(C)C)(C(C)C)C(C)C. The molecule has 0 radical (unpaired) electrons. The van der Waals surface area contributed by atoms with E-state index >= 15 is 0 Å². The summed E-state index contributed by atoms with van der Waals surface area (Å²) in [7, 11) is -0.661. The zero-order valence-electron chi connectivity index (χ0n) is 15.9. The molecule has 0 fully saturated rings. The van der Waals surface area contributed by atoms with Gasteiger partial charge in [-0.2, -0.15) is 8.78 Å². The van der Waals surface area contributed by atoms with Crippen molar-refractivity contribution in [3.63, 3.8) is 0 Å². The van der Waals surface area contributed by atoms with Crippen molar-refractivity contribution in [3.8, 4) is 5.75 Å². The topological polar surface area (TPSA) is 9.23 Å². The van der Waals surface area contributed by atoms with E-state index in [-0.39, 0.29) is 5.57 Å². The molecule has 0 aromatic heterocycles. The second-order valence-electron chi connectivity index (χ2n) is 7.24. The van der Waals surface area contributed by atoms with Crippen molar-refractivity contribution in [1.82, 2.24) is 0 Å². The molecule has 24 heavy (non-hydrogen) atoms. The highest BCUT2D eigenvalue weighted by Gasteiger charge is 2.46. The number of methoxy groups -OCH3 is 1. The monoisotopic (exact) mass is 352 g/mol. The summed E-state index contributed by atoms with van der Waals surface area (Å²) in [4.78, 5) is 0. The molecule has 0 spiro atoms. The molecular weight excluding hydrogens is 322 g/mol. The van der Waals surface area contributed by atoms with Crippen LogP contribution in [-0.4, -0.2) is 15.2 Å². The predicted molar refractivity (Wildman–Crippen MR) is 102 cm³/mol. The lowest BCUT2D eigenvalue weighted by Crippen LogP contribution is -2.47. The first-order valence-corrected chi connectivity index (χ1v) is 10.7. The molecule has 134 valence electrons. The number of hydrogen-bond donors (Lipinski definition) is 0. The predicted octanol–water partition coefficient (Wildman–Crippen LogP) is 7.08. The van der Waals surface area contributed by atoms with E-state index in [1.54, 1.807) is 31.4 Å². The molecule has 0 heterocycles. The van der Waals surface area contributed by atoms with Gasteiger partial charge in [0.1, 0.15) is 5.75 Å². The lowest BCUT2D eigenvalue weighted by molar-refractivity contribution is 0.414. The van der Waals surface area contributed by atoms with Crippen molar-refractivity contribution >= 4 is 13.6 Å². The van der Waals surface area contributed by atoms with Gasteiger partial charge in [0.15, 0.2) is 0 Å². The van der Waals surface area contributed by atoms with Crippen molar-refractivity contribution in [3.05, 3.63) is 47.7 Å². The van der Waals surface area contributed by atoms with Crippen LogP contribution in [0.4, 0.5) is 8.78 Å². The average molecular weight is 353 g/mol. The summed E-state index contributed by atoms with van der Waals surface area (Å²) in [5, 5.41) is 0.660. The van der Waals surface area contributed by atoms with E-state index in [2.05, 4.69) is 48.1 Å². The van der Waals surface area contributed by atoms with Gasteiger partial charge in [-0.25, -0.2) is 0 Å². The molecule has 0 aliphatic carbocycles. The van der Waals surface area contributed by atoms with E-state index in [1.165, 1.54) is 0 Å². The first-order chi connectivity index (χ1) is 11.1. The van der Waals surface area contributed by atoms with Gasteiger partial charge in [0, 0.05) is 5.57 Å². The maximum atomic E-state index is 13.9. The van der Waals surface area contributed by atoms with Gasteiger partial charge in [0.2, 0.25) is 0 Å². The highest BCUT2D eigenvalue weighted by atomic mass is 28.3. The van der Waals surface area contributed by atoms with Crippen molar-refractivity contribution in [2.45, 2.75) is 58.2 Å². The van der Waals surface area contributed by atoms with Crippen molar-refractivity contribution in [2.75, 3.05) is 7.11 Å². The molecule has 0 amide bonds. The number of rotatable bonds is 7. The summed E-state index contributed by atoms with van der Waals surface area (Å²) in [5.41, 5.74) is 1.54. The van der Waals surface area contributed by atoms with Crippen LogP contribution in [0.2, 0.25) is 16.6 Å². The summed E-state index contributed by atoms with van der Waals surface area (Å²) >= 11 is 0. The maximum absolute atomic E-state index is 13.9. The fraction of sp³-hybridized carbons (Fsp3) is 0.500. The lowest BCUT2D eigenvalue weighted by atomic mass is 10.1. The van der Waals surface area contributed by atoms with Crippen LogP contribution in [-0.2, 0) is 0 Å². The maximum Gasteiger partial charge on any atom is 0.277 e. The van der Waals surface area contributed by atoms with E-state index in [1.807, 2.05) is 0 Å². The quantitative estimate of drug-likeness (QED) is 0.376. The molecule has 0 aliphatic heterocycles. The third-order valence-corrected chi connectivity index (χ3v) is 12.3. The minimum Gasteiger partial charge on any atom is -0.497 e. The van der Waals surface area contributed by atoms with Crippen molar-refractivity contribution < 1.29 is 13.5 Å². The summed E-state index contributed by atoms with van der Waals surface area (Å²) < 4.78 is 33.0. The first-order valence-electron chi connectivity index (χ1n) is 8.50. The lowest BCUT2D eigenvalue weighted by Gasteiger charge is -2.45. The zero-order chi connectivity index (χ0) is 18.7. The van der Waals surface area contributed by atoms with Gasteiger partial charge in [-0.1, -0.05) is 65.5 Å². The molecule has 0 aliphatic rings. The Morgan fingerprint density at radius 1 is 0.917 bits per heavy atom. The Hall–Kier alpha value is -1.42.